The molecule has 0 spiro atoms. The number of nitrogens with one attached hydrogen (secondary N) is 1. The van der Waals surface area contributed by atoms with Crippen molar-refractivity contribution in [2.24, 2.45) is 0 Å². The summed E-state index contributed by atoms with van der Waals surface area (Å²) in [5.74, 6) is -0.921. The third-order valence-electron chi connectivity index (χ3n) is 3.84. The van der Waals surface area contributed by atoms with Gasteiger partial charge in [-0.3, -0.25) is 4.79 Å². The zero-order valence-electron chi connectivity index (χ0n) is 14.7. The minimum absolute atomic E-state index is 0.0790. The highest BCUT2D eigenvalue weighted by Crippen LogP contribution is 2.33. The molecule has 0 aliphatic rings. The van der Waals surface area contributed by atoms with Gasteiger partial charge in [0.25, 0.3) is 5.91 Å². The monoisotopic (exact) mass is 434 g/mol. The van der Waals surface area contributed by atoms with Crippen LogP contribution < -0.4 is 5.32 Å². The van der Waals surface area contributed by atoms with Crippen molar-refractivity contribution in [1.82, 2.24) is 34.7 Å². The molecule has 0 atom stereocenters. The molecule has 4 rings (SSSR count). The molecule has 9 nitrogen and oxygen atoms in total. The summed E-state index contributed by atoms with van der Waals surface area (Å²) in [5, 5.41) is 13.9. The lowest BCUT2D eigenvalue weighted by atomic mass is 10.2. The van der Waals surface area contributed by atoms with Crippen LogP contribution in [0.4, 0.5) is 18.9 Å². The van der Waals surface area contributed by atoms with Crippen LogP contribution in [0.15, 0.2) is 55.2 Å². The first-order valence-corrected chi connectivity index (χ1v) is 8.62. The number of hydrogen-bond acceptors (Lipinski definition) is 6. The Morgan fingerprint density at radius 3 is 2.43 bits per heavy atom. The summed E-state index contributed by atoms with van der Waals surface area (Å²) in [4.78, 5) is 21.6. The second kappa shape index (κ2) is 7.55. The summed E-state index contributed by atoms with van der Waals surface area (Å²) in [5.41, 5.74) is -1.85. The molecule has 0 aromatic carbocycles. The molecule has 0 saturated heterocycles. The molecule has 0 saturated carbocycles. The minimum atomic E-state index is -4.85. The Bertz CT molecular complexity index is 1190. The number of carbonyl (C=O) groups is 1. The van der Waals surface area contributed by atoms with Gasteiger partial charge in [-0.05, 0) is 18.2 Å². The molecular formula is C17H10ClF3N8O. The maximum Gasteiger partial charge on any atom is 0.434 e. The van der Waals surface area contributed by atoms with E-state index in [2.05, 4.69) is 30.6 Å². The third-order valence-corrected chi connectivity index (χ3v) is 4.11. The number of anilines is 1. The first-order chi connectivity index (χ1) is 14.3. The Labute approximate surface area is 171 Å². The largest absolute Gasteiger partial charge is 0.434 e. The molecule has 152 valence electrons. The van der Waals surface area contributed by atoms with Crippen LogP contribution in [0.5, 0.6) is 0 Å². The molecule has 1 N–H and O–H groups in total. The number of halogens is 4. The number of carbonyl (C=O) groups excluding carboxylic acids is 1. The predicted octanol–water partition coefficient (Wildman–Crippen LogP) is 3.17. The van der Waals surface area contributed by atoms with Crippen LogP contribution in [0, 0.1) is 0 Å². The van der Waals surface area contributed by atoms with Crippen LogP contribution in [-0.2, 0) is 6.18 Å². The van der Waals surface area contributed by atoms with Gasteiger partial charge in [-0.25, -0.2) is 14.6 Å². The van der Waals surface area contributed by atoms with E-state index in [1.807, 2.05) is 0 Å². The van der Waals surface area contributed by atoms with Gasteiger partial charge in [0.15, 0.2) is 17.3 Å². The van der Waals surface area contributed by atoms with Crippen LogP contribution in [-0.4, -0.2) is 40.6 Å². The van der Waals surface area contributed by atoms with E-state index in [4.69, 9.17) is 11.6 Å². The fourth-order valence-corrected chi connectivity index (χ4v) is 2.85. The summed E-state index contributed by atoms with van der Waals surface area (Å²) < 4.78 is 41.6. The Hall–Kier alpha value is -3.80. The van der Waals surface area contributed by atoms with Gasteiger partial charge in [-0.15, -0.1) is 4.80 Å². The smallest absolute Gasteiger partial charge is 0.320 e. The van der Waals surface area contributed by atoms with Crippen molar-refractivity contribution in [1.29, 1.82) is 0 Å². The Morgan fingerprint density at radius 1 is 1.03 bits per heavy atom. The molecule has 13 heteroatoms. The number of nitrogens with zero attached hydrogens (tertiary/aromatic N) is 7. The number of pyridine rings is 2. The zero-order valence-corrected chi connectivity index (χ0v) is 15.5. The lowest BCUT2D eigenvalue weighted by Crippen LogP contribution is -2.21. The summed E-state index contributed by atoms with van der Waals surface area (Å²) in [6.45, 7) is 0. The number of alkyl halides is 3. The van der Waals surface area contributed by atoms with Crippen LogP contribution in [0.1, 0.15) is 16.1 Å². The Balaban J connectivity index is 1.66. The predicted molar refractivity (Wildman–Crippen MR) is 98.5 cm³/mol. The molecule has 0 bridgehead atoms. The van der Waals surface area contributed by atoms with E-state index in [0.29, 0.717) is 4.68 Å². The van der Waals surface area contributed by atoms with E-state index >= 15 is 0 Å². The Morgan fingerprint density at radius 2 is 1.80 bits per heavy atom. The standard InChI is InChI=1S/C17H10ClF3N8O/c18-12-7-10(8-23-15(12)29-24-5-6-25-29)27-16(30)11-9-26-28(14(11)17(19,20)21)13-3-1-2-4-22-13/h1-9H,(H,27,30). The molecule has 4 heterocycles. The lowest BCUT2D eigenvalue weighted by molar-refractivity contribution is -0.143. The topological polar surface area (TPSA) is 103 Å². The molecular weight excluding hydrogens is 425 g/mol. The van der Waals surface area contributed by atoms with Crippen molar-refractivity contribution in [3.05, 3.63) is 71.5 Å². The highest BCUT2D eigenvalue weighted by molar-refractivity contribution is 6.32. The van der Waals surface area contributed by atoms with Crippen molar-refractivity contribution >= 4 is 23.2 Å². The number of hydrogen-bond donors (Lipinski definition) is 1. The van der Waals surface area contributed by atoms with Gasteiger partial charge >= 0.3 is 6.18 Å². The average Bonchev–Trinajstić information content (AvgIpc) is 3.38. The van der Waals surface area contributed by atoms with Gasteiger partial charge in [-0.1, -0.05) is 17.7 Å². The van der Waals surface area contributed by atoms with E-state index in [-0.39, 0.29) is 22.3 Å². The summed E-state index contributed by atoms with van der Waals surface area (Å²) in [6.07, 6.45) is 1.35. The van der Waals surface area contributed by atoms with Gasteiger partial charge in [0.1, 0.15) is 0 Å². The SMILES string of the molecule is O=C(Nc1cnc(-n2nccn2)c(Cl)c1)c1cnn(-c2ccccn2)c1C(F)(F)F. The molecule has 1 amide bonds. The molecule has 4 aromatic rings. The van der Waals surface area contributed by atoms with Crippen molar-refractivity contribution in [3.8, 4) is 11.6 Å². The first-order valence-electron chi connectivity index (χ1n) is 8.25. The van der Waals surface area contributed by atoms with Gasteiger partial charge in [-0.2, -0.15) is 28.5 Å². The first kappa shape index (κ1) is 19.5. The van der Waals surface area contributed by atoms with Crippen LogP contribution in [0.3, 0.4) is 0 Å². The highest BCUT2D eigenvalue weighted by Gasteiger charge is 2.40. The Kier molecular flexibility index (Phi) is 4.91. The summed E-state index contributed by atoms with van der Waals surface area (Å²) in [7, 11) is 0. The van der Waals surface area contributed by atoms with Crippen LogP contribution in [0.2, 0.25) is 5.02 Å². The second-order valence-electron chi connectivity index (χ2n) is 5.81. The van der Waals surface area contributed by atoms with E-state index in [1.165, 1.54) is 43.0 Å². The number of rotatable bonds is 4. The third kappa shape index (κ3) is 3.72. The molecule has 0 fully saturated rings. The lowest BCUT2D eigenvalue weighted by Gasteiger charge is -2.12. The maximum absolute atomic E-state index is 13.7. The van der Waals surface area contributed by atoms with Crippen molar-refractivity contribution in [2.45, 2.75) is 6.18 Å². The fraction of sp³-hybridized carbons (Fsp3) is 0.0588. The van der Waals surface area contributed by atoms with Gasteiger partial charge < -0.3 is 5.32 Å². The molecule has 4 aromatic heterocycles. The van der Waals surface area contributed by atoms with Crippen LogP contribution in [0.25, 0.3) is 11.6 Å². The highest BCUT2D eigenvalue weighted by atomic mass is 35.5. The molecule has 0 unspecified atom stereocenters. The van der Waals surface area contributed by atoms with E-state index < -0.39 is 23.3 Å². The molecule has 0 radical (unpaired) electrons. The number of aromatic nitrogens is 7. The summed E-state index contributed by atoms with van der Waals surface area (Å²) in [6, 6.07) is 5.72. The summed E-state index contributed by atoms with van der Waals surface area (Å²) >= 11 is 6.12. The number of amides is 1. The van der Waals surface area contributed by atoms with E-state index in [1.54, 1.807) is 6.07 Å². The fourth-order valence-electron chi connectivity index (χ4n) is 2.61. The molecule has 0 aliphatic heterocycles. The van der Waals surface area contributed by atoms with Crippen molar-refractivity contribution in [3.63, 3.8) is 0 Å². The average molecular weight is 435 g/mol. The molecule has 0 aliphatic carbocycles. The van der Waals surface area contributed by atoms with Gasteiger partial charge in [0.2, 0.25) is 0 Å². The normalized spacial score (nSPS) is 11.5. The van der Waals surface area contributed by atoms with E-state index in [0.717, 1.165) is 11.0 Å². The molecule has 30 heavy (non-hydrogen) atoms. The van der Waals surface area contributed by atoms with Crippen molar-refractivity contribution in [2.75, 3.05) is 5.32 Å². The van der Waals surface area contributed by atoms with Gasteiger partial charge in [0, 0.05) is 6.20 Å². The van der Waals surface area contributed by atoms with E-state index in [9.17, 15) is 18.0 Å². The quantitative estimate of drug-likeness (QED) is 0.529. The van der Waals surface area contributed by atoms with Crippen LogP contribution >= 0.6 is 11.6 Å². The minimum Gasteiger partial charge on any atom is -0.320 e. The maximum atomic E-state index is 13.7. The van der Waals surface area contributed by atoms with Crippen molar-refractivity contribution < 1.29 is 18.0 Å². The zero-order chi connectivity index (χ0) is 21.3. The van der Waals surface area contributed by atoms with Gasteiger partial charge in [0.05, 0.1) is 41.1 Å². The second-order valence-corrected chi connectivity index (χ2v) is 6.21.